The molecule has 2 aliphatic heterocycles. The van der Waals surface area contributed by atoms with Crippen molar-refractivity contribution in [3.8, 4) is 23.0 Å². The van der Waals surface area contributed by atoms with Gasteiger partial charge in [-0.25, -0.2) is 8.78 Å². The average Bonchev–Trinajstić information content (AvgIpc) is 2.74. The number of rotatable bonds is 1. The maximum atomic E-state index is 14.6. The molecule has 3 aromatic rings. The summed E-state index contributed by atoms with van der Waals surface area (Å²) in [6.07, 6.45) is 4.29. The molecule has 2 aliphatic rings. The molecular weight excluding hydrogens is 406 g/mol. The molecule has 0 atom stereocenters. The highest BCUT2D eigenvalue weighted by molar-refractivity contribution is 5.62. The fraction of sp³-hybridized carbons (Fsp3) is 0.318. The number of hydrogen-bond donors (Lipinski definition) is 1. The second-order valence-corrected chi connectivity index (χ2v) is 7.32. The molecule has 0 fully saturated rings. The first-order valence-electron chi connectivity index (χ1n) is 10.0. The number of halogens is 2. The molecule has 31 heavy (non-hydrogen) atoms. The molecule has 0 spiro atoms. The van der Waals surface area contributed by atoms with Crippen LogP contribution in [0.2, 0.25) is 0 Å². The van der Waals surface area contributed by atoms with Crippen LogP contribution in [0.3, 0.4) is 0 Å². The molecule has 4 bridgehead atoms. The number of ether oxygens (including phenoxy) is 2. The van der Waals surface area contributed by atoms with E-state index in [0.29, 0.717) is 35.8 Å². The summed E-state index contributed by atoms with van der Waals surface area (Å²) in [5.74, 6) is -1.86. The van der Waals surface area contributed by atoms with Crippen LogP contribution in [-0.2, 0) is 18.4 Å². The van der Waals surface area contributed by atoms with Gasteiger partial charge in [0.05, 0.1) is 12.3 Å². The summed E-state index contributed by atoms with van der Waals surface area (Å²) in [4.78, 5) is 20.3. The minimum Gasteiger partial charge on any atom is -0.418 e. The van der Waals surface area contributed by atoms with Crippen LogP contribution in [0.4, 0.5) is 14.6 Å². The van der Waals surface area contributed by atoms with Crippen LogP contribution >= 0.6 is 0 Å². The summed E-state index contributed by atoms with van der Waals surface area (Å²) >= 11 is 0. The highest BCUT2D eigenvalue weighted by atomic mass is 19.1. The molecule has 0 radical (unpaired) electrons. The number of aromatic nitrogens is 3. The average molecular weight is 428 g/mol. The van der Waals surface area contributed by atoms with E-state index >= 15 is 0 Å². The van der Waals surface area contributed by atoms with Gasteiger partial charge in [0.15, 0.2) is 11.6 Å². The summed E-state index contributed by atoms with van der Waals surface area (Å²) < 4.78 is 41.5. The zero-order valence-corrected chi connectivity index (χ0v) is 17.0. The van der Waals surface area contributed by atoms with Gasteiger partial charge in [-0.15, -0.1) is 0 Å². The van der Waals surface area contributed by atoms with E-state index in [1.165, 1.54) is 22.8 Å². The van der Waals surface area contributed by atoms with Gasteiger partial charge in [0.25, 0.3) is 0 Å². The van der Waals surface area contributed by atoms with Gasteiger partial charge in [-0.2, -0.15) is 9.97 Å². The van der Waals surface area contributed by atoms with Gasteiger partial charge in [0.1, 0.15) is 5.82 Å². The Hall–Kier alpha value is -3.33. The standard InChI is InChI=1S/C22H22F2N4O3/c1-28-12-15(5-6-20(28)29)18-11-19-25-7-3-2-4-8-30-13-14-9-16(23)21(17(24)10-14)31-22(26-18)27-19/h5-6,9-12H,2-4,7-8,13H2,1H3,(H,25,26,27). The largest absolute Gasteiger partial charge is 0.418 e. The van der Waals surface area contributed by atoms with E-state index in [-0.39, 0.29) is 18.2 Å². The Morgan fingerprint density at radius 1 is 1.06 bits per heavy atom. The lowest BCUT2D eigenvalue weighted by Gasteiger charge is -2.13. The second-order valence-electron chi connectivity index (χ2n) is 7.32. The summed E-state index contributed by atoms with van der Waals surface area (Å²) in [5.41, 5.74) is 1.31. The number of benzene rings is 1. The van der Waals surface area contributed by atoms with Crippen LogP contribution in [-0.4, -0.2) is 27.7 Å². The Balaban J connectivity index is 1.76. The van der Waals surface area contributed by atoms with Gasteiger partial charge >= 0.3 is 6.01 Å². The van der Waals surface area contributed by atoms with Gasteiger partial charge in [-0.05, 0) is 43.0 Å². The Morgan fingerprint density at radius 3 is 2.65 bits per heavy atom. The topological polar surface area (TPSA) is 78.3 Å². The predicted molar refractivity (Wildman–Crippen MR) is 111 cm³/mol. The molecule has 4 heterocycles. The van der Waals surface area contributed by atoms with Crippen molar-refractivity contribution < 1.29 is 18.3 Å². The van der Waals surface area contributed by atoms with Gasteiger partial charge in [-0.3, -0.25) is 4.79 Å². The van der Waals surface area contributed by atoms with E-state index in [4.69, 9.17) is 9.47 Å². The Bertz CT molecular complexity index is 1130. The first-order chi connectivity index (χ1) is 15.0. The van der Waals surface area contributed by atoms with Crippen molar-refractivity contribution in [2.45, 2.75) is 25.9 Å². The van der Waals surface area contributed by atoms with E-state index in [2.05, 4.69) is 15.3 Å². The smallest absolute Gasteiger partial charge is 0.324 e. The van der Waals surface area contributed by atoms with Crippen LogP contribution in [0, 0.1) is 11.6 Å². The number of nitrogens with one attached hydrogen (secondary N) is 1. The molecule has 0 saturated carbocycles. The van der Waals surface area contributed by atoms with E-state index in [1.54, 1.807) is 25.4 Å². The van der Waals surface area contributed by atoms with Crippen molar-refractivity contribution in [1.82, 2.24) is 14.5 Å². The SMILES string of the molecule is Cn1cc(-c2cc3nc(n2)Oc2c(F)cc(cc2F)COCCCCCN3)ccc1=O. The number of aryl methyl sites for hydroxylation is 1. The number of anilines is 1. The highest BCUT2D eigenvalue weighted by Crippen LogP contribution is 2.30. The minimum absolute atomic E-state index is 0.120. The lowest BCUT2D eigenvalue weighted by Crippen LogP contribution is -2.14. The van der Waals surface area contributed by atoms with Crippen molar-refractivity contribution in [2.24, 2.45) is 7.05 Å². The van der Waals surface area contributed by atoms with Gasteiger partial charge < -0.3 is 19.4 Å². The summed E-state index contributed by atoms with van der Waals surface area (Å²) in [6, 6.07) is 6.90. The molecule has 1 aromatic carbocycles. The molecule has 0 amide bonds. The van der Waals surface area contributed by atoms with Gasteiger partial charge in [-0.1, -0.05) is 0 Å². The Labute approximate surface area is 177 Å². The third-order valence-electron chi connectivity index (χ3n) is 4.88. The zero-order chi connectivity index (χ0) is 21.8. The van der Waals surface area contributed by atoms with Crippen LogP contribution in [0.25, 0.3) is 11.3 Å². The van der Waals surface area contributed by atoms with Crippen LogP contribution in [0.15, 0.2) is 41.3 Å². The quantitative estimate of drug-likeness (QED) is 0.631. The first-order valence-corrected chi connectivity index (χ1v) is 10.0. The van der Waals surface area contributed by atoms with Crippen LogP contribution in [0.1, 0.15) is 24.8 Å². The van der Waals surface area contributed by atoms with Crippen molar-refractivity contribution in [3.63, 3.8) is 0 Å². The summed E-state index contributed by atoms with van der Waals surface area (Å²) in [5, 5.41) is 3.20. The molecule has 0 aliphatic carbocycles. The van der Waals surface area contributed by atoms with Crippen molar-refractivity contribution >= 4 is 5.82 Å². The molecule has 7 nitrogen and oxygen atoms in total. The third-order valence-corrected chi connectivity index (χ3v) is 4.88. The molecule has 9 heteroatoms. The number of nitrogens with zero attached hydrogens (tertiary/aromatic N) is 3. The zero-order valence-electron chi connectivity index (χ0n) is 17.0. The maximum absolute atomic E-state index is 14.6. The Morgan fingerprint density at radius 2 is 1.87 bits per heavy atom. The number of fused-ring (bicyclic) bond motifs is 9. The Kier molecular flexibility index (Phi) is 6.22. The second kappa shape index (κ2) is 9.22. The first kappa shape index (κ1) is 20.9. The van der Waals surface area contributed by atoms with Crippen molar-refractivity contribution in [3.05, 3.63) is 64.1 Å². The van der Waals surface area contributed by atoms with Crippen LogP contribution in [0.5, 0.6) is 11.8 Å². The molecule has 0 unspecified atom stereocenters. The highest BCUT2D eigenvalue weighted by Gasteiger charge is 2.17. The normalized spacial score (nSPS) is 14.7. The maximum Gasteiger partial charge on any atom is 0.324 e. The third kappa shape index (κ3) is 5.05. The fourth-order valence-corrected chi connectivity index (χ4v) is 3.25. The van der Waals surface area contributed by atoms with Gasteiger partial charge in [0.2, 0.25) is 11.3 Å². The van der Waals surface area contributed by atoms with Crippen molar-refractivity contribution in [1.29, 1.82) is 0 Å². The van der Waals surface area contributed by atoms with Gasteiger partial charge in [0, 0.05) is 44.1 Å². The lowest BCUT2D eigenvalue weighted by molar-refractivity contribution is 0.116. The molecule has 0 saturated heterocycles. The van der Waals surface area contributed by atoms with E-state index < -0.39 is 17.4 Å². The minimum atomic E-state index is -0.865. The van der Waals surface area contributed by atoms with E-state index in [0.717, 1.165) is 19.3 Å². The number of pyridine rings is 1. The number of hydrogen-bond acceptors (Lipinski definition) is 6. The van der Waals surface area contributed by atoms with Crippen LogP contribution < -0.4 is 15.6 Å². The molecule has 2 aromatic heterocycles. The van der Waals surface area contributed by atoms with E-state index in [9.17, 15) is 13.6 Å². The molecule has 162 valence electrons. The fourth-order valence-electron chi connectivity index (χ4n) is 3.25. The monoisotopic (exact) mass is 428 g/mol. The predicted octanol–water partition coefficient (Wildman–Crippen LogP) is 4.03. The summed E-state index contributed by atoms with van der Waals surface area (Å²) in [7, 11) is 1.63. The summed E-state index contributed by atoms with van der Waals surface area (Å²) in [6.45, 7) is 1.28. The molecular formula is C22H22F2N4O3. The molecule has 5 rings (SSSR count). The molecule has 1 N–H and O–H groups in total. The lowest BCUT2D eigenvalue weighted by atomic mass is 10.2. The van der Waals surface area contributed by atoms with Crippen molar-refractivity contribution in [2.75, 3.05) is 18.5 Å². The van der Waals surface area contributed by atoms with E-state index in [1.807, 2.05) is 0 Å².